The zero-order chi connectivity index (χ0) is 15.7. The zero-order valence-electron chi connectivity index (χ0n) is 13.0. The van der Waals surface area contributed by atoms with Crippen molar-refractivity contribution in [2.24, 2.45) is 0 Å². The largest absolute Gasteiger partial charge is 0.478 e. The Morgan fingerprint density at radius 2 is 2.00 bits per heavy atom. The number of hydrogen-bond acceptors (Lipinski definition) is 3. The highest BCUT2D eigenvalue weighted by molar-refractivity contribution is 5.85. The average Bonchev–Trinajstić information content (AvgIpc) is 2.46. The summed E-state index contributed by atoms with van der Waals surface area (Å²) >= 11 is 0. The Bertz CT molecular complexity index is 462. The first-order valence-corrected chi connectivity index (χ1v) is 7.30. The van der Waals surface area contributed by atoms with Crippen LogP contribution in [-0.4, -0.2) is 24.0 Å². The molecule has 1 unspecified atom stereocenters. The van der Waals surface area contributed by atoms with Gasteiger partial charge in [0.2, 0.25) is 0 Å². The van der Waals surface area contributed by atoms with E-state index in [0.717, 1.165) is 24.2 Å². The molecule has 1 rings (SSSR count). The van der Waals surface area contributed by atoms with Crippen molar-refractivity contribution in [2.75, 3.05) is 6.61 Å². The summed E-state index contributed by atoms with van der Waals surface area (Å²) in [6, 6.07) is 7.61. The number of carboxylic acids is 1. The molecule has 116 valence electrons. The van der Waals surface area contributed by atoms with E-state index in [9.17, 15) is 4.79 Å². The van der Waals surface area contributed by atoms with Crippen LogP contribution in [0.4, 0.5) is 0 Å². The van der Waals surface area contributed by atoms with Crippen LogP contribution in [-0.2, 0) is 16.0 Å². The Morgan fingerprint density at radius 1 is 1.33 bits per heavy atom. The van der Waals surface area contributed by atoms with Crippen LogP contribution >= 0.6 is 0 Å². The van der Waals surface area contributed by atoms with Crippen LogP contribution in [0.1, 0.15) is 39.2 Å². The molecule has 0 fully saturated rings. The van der Waals surface area contributed by atoms with E-state index in [1.165, 1.54) is 0 Å². The van der Waals surface area contributed by atoms with Crippen molar-refractivity contribution in [3.05, 3.63) is 41.5 Å². The summed E-state index contributed by atoms with van der Waals surface area (Å²) in [5.41, 5.74) is 1.40. The van der Waals surface area contributed by atoms with Gasteiger partial charge in [0.1, 0.15) is 5.75 Å². The van der Waals surface area contributed by atoms with E-state index in [1.807, 2.05) is 31.2 Å². The van der Waals surface area contributed by atoms with Crippen molar-refractivity contribution >= 4 is 5.97 Å². The second-order valence-corrected chi connectivity index (χ2v) is 4.95. The fourth-order valence-corrected chi connectivity index (χ4v) is 1.68. The first kappa shape index (κ1) is 17.2. The number of carboxylic acid groups (broad SMARTS) is 1. The highest BCUT2D eigenvalue weighted by atomic mass is 16.7. The number of benzene rings is 1. The number of hydrogen-bond donors (Lipinski definition) is 1. The quantitative estimate of drug-likeness (QED) is 0.427. The van der Waals surface area contributed by atoms with Gasteiger partial charge in [-0.25, -0.2) is 4.79 Å². The van der Waals surface area contributed by atoms with Crippen LogP contribution in [0.3, 0.4) is 0 Å². The lowest BCUT2D eigenvalue weighted by Gasteiger charge is -2.15. The first-order valence-electron chi connectivity index (χ1n) is 7.30. The Hall–Kier alpha value is -1.81. The van der Waals surface area contributed by atoms with Gasteiger partial charge in [-0.1, -0.05) is 31.6 Å². The van der Waals surface area contributed by atoms with E-state index >= 15 is 0 Å². The maximum absolute atomic E-state index is 10.7. The van der Waals surface area contributed by atoms with Crippen LogP contribution in [0.25, 0.3) is 0 Å². The van der Waals surface area contributed by atoms with E-state index in [0.29, 0.717) is 18.6 Å². The highest BCUT2D eigenvalue weighted by Gasteiger charge is 2.04. The summed E-state index contributed by atoms with van der Waals surface area (Å²) in [5.74, 6) is -0.130. The highest BCUT2D eigenvalue weighted by Crippen LogP contribution is 2.15. The minimum atomic E-state index is -0.881. The predicted molar refractivity (Wildman–Crippen MR) is 82.5 cm³/mol. The minimum Gasteiger partial charge on any atom is -0.478 e. The third-order valence-corrected chi connectivity index (χ3v) is 3.06. The number of rotatable bonds is 9. The molecular formula is C17H24O4. The number of aliphatic carboxylic acids is 1. The van der Waals surface area contributed by atoms with Gasteiger partial charge in [0.05, 0.1) is 6.61 Å². The third kappa shape index (κ3) is 6.95. The molecule has 1 aromatic rings. The normalized spacial score (nSPS) is 13.0. The number of unbranched alkanes of at least 4 members (excludes halogenated alkanes) is 1. The summed E-state index contributed by atoms with van der Waals surface area (Å²) in [6.45, 7) is 6.29. The van der Waals surface area contributed by atoms with Gasteiger partial charge in [0.15, 0.2) is 6.29 Å². The minimum absolute atomic E-state index is 0.267. The van der Waals surface area contributed by atoms with E-state index in [4.69, 9.17) is 14.6 Å². The molecule has 0 amide bonds. The summed E-state index contributed by atoms with van der Waals surface area (Å²) in [4.78, 5) is 10.7. The van der Waals surface area contributed by atoms with E-state index in [2.05, 4.69) is 6.92 Å². The molecule has 0 aliphatic rings. The molecule has 0 aromatic heterocycles. The Kier molecular flexibility index (Phi) is 7.54. The molecule has 1 N–H and O–H groups in total. The summed E-state index contributed by atoms with van der Waals surface area (Å²) in [6.07, 6.45) is 4.17. The van der Waals surface area contributed by atoms with Gasteiger partial charge in [-0.3, -0.25) is 0 Å². The van der Waals surface area contributed by atoms with Gasteiger partial charge < -0.3 is 14.6 Å². The van der Waals surface area contributed by atoms with Crippen molar-refractivity contribution in [2.45, 2.75) is 46.3 Å². The van der Waals surface area contributed by atoms with Crippen LogP contribution in [0.2, 0.25) is 0 Å². The second kappa shape index (κ2) is 9.19. The molecule has 0 heterocycles. The topological polar surface area (TPSA) is 55.8 Å². The molecule has 21 heavy (non-hydrogen) atoms. The molecular weight excluding hydrogens is 268 g/mol. The van der Waals surface area contributed by atoms with Gasteiger partial charge in [-0.15, -0.1) is 0 Å². The van der Waals surface area contributed by atoms with Gasteiger partial charge in [-0.05, 0) is 44.4 Å². The van der Waals surface area contributed by atoms with E-state index in [1.54, 1.807) is 13.0 Å². The molecule has 0 saturated carbocycles. The monoisotopic (exact) mass is 292 g/mol. The van der Waals surface area contributed by atoms with Crippen molar-refractivity contribution in [3.63, 3.8) is 0 Å². The molecule has 0 aliphatic carbocycles. The lowest BCUT2D eigenvalue weighted by molar-refractivity contribution is -0.132. The Balaban J connectivity index is 2.46. The van der Waals surface area contributed by atoms with Crippen LogP contribution in [0.5, 0.6) is 5.75 Å². The number of allylic oxidation sites excluding steroid dienone is 1. The standard InChI is InChI=1S/C17H24O4/c1-4-5-12-20-14(3)21-16-10-8-15(9-11-16)7-6-13(2)17(18)19/h6,8-11,14H,4-5,7,12H2,1-3H3,(H,18,19). The molecule has 1 aromatic carbocycles. The molecule has 0 aliphatic heterocycles. The lowest BCUT2D eigenvalue weighted by Crippen LogP contribution is -2.16. The Labute approximate surface area is 126 Å². The van der Waals surface area contributed by atoms with Crippen LogP contribution in [0.15, 0.2) is 35.9 Å². The Morgan fingerprint density at radius 3 is 2.57 bits per heavy atom. The average molecular weight is 292 g/mol. The smallest absolute Gasteiger partial charge is 0.330 e. The zero-order valence-corrected chi connectivity index (χ0v) is 13.0. The SMILES string of the molecule is CCCCOC(C)Oc1ccc(CC=C(C)C(=O)O)cc1. The lowest BCUT2D eigenvalue weighted by atomic mass is 10.1. The molecule has 4 nitrogen and oxygen atoms in total. The molecule has 0 spiro atoms. The molecule has 0 saturated heterocycles. The molecule has 0 bridgehead atoms. The van der Waals surface area contributed by atoms with E-state index in [-0.39, 0.29) is 6.29 Å². The van der Waals surface area contributed by atoms with Crippen LogP contribution in [0, 0.1) is 0 Å². The summed E-state index contributed by atoms with van der Waals surface area (Å²) in [7, 11) is 0. The maximum atomic E-state index is 10.7. The van der Waals surface area contributed by atoms with Crippen molar-refractivity contribution < 1.29 is 19.4 Å². The summed E-state index contributed by atoms with van der Waals surface area (Å²) < 4.78 is 11.2. The second-order valence-electron chi connectivity index (χ2n) is 4.95. The number of ether oxygens (including phenoxy) is 2. The van der Waals surface area contributed by atoms with Gasteiger partial charge in [-0.2, -0.15) is 0 Å². The first-order chi connectivity index (χ1) is 10.0. The van der Waals surface area contributed by atoms with Crippen molar-refractivity contribution in [3.8, 4) is 5.75 Å². The molecule has 1 atom stereocenters. The van der Waals surface area contributed by atoms with Gasteiger partial charge in [0, 0.05) is 5.57 Å². The fraction of sp³-hybridized carbons (Fsp3) is 0.471. The van der Waals surface area contributed by atoms with Gasteiger partial charge in [0.25, 0.3) is 0 Å². The van der Waals surface area contributed by atoms with Crippen LogP contribution < -0.4 is 4.74 Å². The van der Waals surface area contributed by atoms with Crippen molar-refractivity contribution in [1.29, 1.82) is 0 Å². The maximum Gasteiger partial charge on any atom is 0.330 e. The van der Waals surface area contributed by atoms with E-state index < -0.39 is 5.97 Å². The molecule has 4 heteroatoms. The molecule has 0 radical (unpaired) electrons. The third-order valence-electron chi connectivity index (χ3n) is 3.06. The fourth-order valence-electron chi connectivity index (χ4n) is 1.68. The number of carbonyl (C=O) groups is 1. The summed E-state index contributed by atoms with van der Waals surface area (Å²) in [5, 5.41) is 8.79. The van der Waals surface area contributed by atoms with Crippen molar-refractivity contribution in [1.82, 2.24) is 0 Å². The van der Waals surface area contributed by atoms with Gasteiger partial charge >= 0.3 is 5.97 Å². The predicted octanol–water partition coefficient (Wildman–Crippen LogP) is 3.80.